The Bertz CT molecular complexity index is 929. The van der Waals surface area contributed by atoms with Gasteiger partial charge in [0.25, 0.3) is 0 Å². The molecule has 2 aliphatic rings. The van der Waals surface area contributed by atoms with Crippen molar-refractivity contribution in [1.29, 1.82) is 0 Å². The van der Waals surface area contributed by atoms with E-state index in [-0.39, 0.29) is 5.78 Å². The highest BCUT2D eigenvalue weighted by Gasteiger charge is 2.21. The van der Waals surface area contributed by atoms with Crippen LogP contribution in [0.2, 0.25) is 5.02 Å². The molecule has 1 aromatic heterocycles. The Labute approximate surface area is 208 Å². The second-order valence-electron chi connectivity index (χ2n) is 9.88. The molecule has 4 rings (SSSR count). The SMILES string of the molecule is Cc1cc(OCCCC2CCN(c3ncc(Cl)cn3)CC2)cc(C)c1C(=O)CC[C@H]1CCNC1. The van der Waals surface area contributed by atoms with E-state index in [1.807, 2.05) is 26.0 Å². The summed E-state index contributed by atoms with van der Waals surface area (Å²) >= 11 is 5.89. The number of carbonyl (C=O) groups excluding carboxylic acids is 1. The number of Topliss-reactive ketones (excluding diaryl/α,β-unsaturated/α-hetero) is 1. The van der Waals surface area contributed by atoms with E-state index >= 15 is 0 Å². The number of ketones is 1. The van der Waals surface area contributed by atoms with Gasteiger partial charge in [-0.05, 0) is 101 Å². The smallest absolute Gasteiger partial charge is 0.225 e. The molecule has 34 heavy (non-hydrogen) atoms. The lowest BCUT2D eigenvalue weighted by Gasteiger charge is -2.32. The van der Waals surface area contributed by atoms with Crippen LogP contribution in [0.25, 0.3) is 0 Å². The number of hydrogen-bond acceptors (Lipinski definition) is 6. The first kappa shape index (κ1) is 24.9. The highest BCUT2D eigenvalue weighted by atomic mass is 35.5. The van der Waals surface area contributed by atoms with Crippen LogP contribution >= 0.6 is 11.6 Å². The van der Waals surface area contributed by atoms with Crippen molar-refractivity contribution in [3.63, 3.8) is 0 Å². The molecule has 6 nitrogen and oxygen atoms in total. The van der Waals surface area contributed by atoms with Crippen molar-refractivity contribution in [2.45, 2.75) is 58.8 Å². The number of rotatable bonds is 10. The lowest BCUT2D eigenvalue weighted by atomic mass is 9.92. The molecule has 184 valence electrons. The molecule has 0 aliphatic carbocycles. The Morgan fingerprint density at radius 3 is 2.44 bits per heavy atom. The second kappa shape index (κ2) is 12.0. The summed E-state index contributed by atoms with van der Waals surface area (Å²) in [5, 5.41) is 3.95. The van der Waals surface area contributed by atoms with Gasteiger partial charge >= 0.3 is 0 Å². The Hall–Kier alpha value is -2.18. The first-order valence-corrected chi connectivity index (χ1v) is 13.1. The van der Waals surface area contributed by atoms with Crippen LogP contribution in [0.3, 0.4) is 0 Å². The minimum atomic E-state index is 0.267. The summed E-state index contributed by atoms with van der Waals surface area (Å²) in [5.41, 5.74) is 2.94. The molecule has 1 aromatic carbocycles. The van der Waals surface area contributed by atoms with Crippen LogP contribution in [0.4, 0.5) is 5.95 Å². The number of aromatic nitrogens is 2. The van der Waals surface area contributed by atoms with Gasteiger partial charge in [-0.2, -0.15) is 0 Å². The van der Waals surface area contributed by atoms with Gasteiger partial charge in [0.1, 0.15) is 5.75 Å². The lowest BCUT2D eigenvalue weighted by Crippen LogP contribution is -2.34. The van der Waals surface area contributed by atoms with Crippen molar-refractivity contribution in [2.24, 2.45) is 11.8 Å². The molecule has 7 heteroatoms. The van der Waals surface area contributed by atoms with Crippen LogP contribution in [0.1, 0.15) is 66.4 Å². The fourth-order valence-corrected chi connectivity index (χ4v) is 5.42. The second-order valence-corrected chi connectivity index (χ2v) is 10.3. The monoisotopic (exact) mass is 484 g/mol. The molecule has 2 fully saturated rings. The van der Waals surface area contributed by atoms with Crippen molar-refractivity contribution in [1.82, 2.24) is 15.3 Å². The van der Waals surface area contributed by atoms with Crippen molar-refractivity contribution < 1.29 is 9.53 Å². The van der Waals surface area contributed by atoms with Crippen LogP contribution in [0, 0.1) is 25.7 Å². The quantitative estimate of drug-likeness (QED) is 0.360. The molecule has 0 radical (unpaired) electrons. The number of carbonyl (C=O) groups is 1. The van der Waals surface area contributed by atoms with Gasteiger partial charge in [0, 0.05) is 25.1 Å². The maximum Gasteiger partial charge on any atom is 0.225 e. The molecule has 1 atom stereocenters. The number of hydrogen-bond donors (Lipinski definition) is 1. The van der Waals surface area contributed by atoms with Gasteiger partial charge in [0.15, 0.2) is 5.78 Å². The summed E-state index contributed by atoms with van der Waals surface area (Å²) in [6.45, 7) is 8.87. The molecule has 0 unspecified atom stereocenters. The summed E-state index contributed by atoms with van der Waals surface area (Å²) in [5.74, 6) is 3.27. The van der Waals surface area contributed by atoms with E-state index in [1.165, 1.54) is 12.8 Å². The Balaban J connectivity index is 1.18. The van der Waals surface area contributed by atoms with Gasteiger partial charge < -0.3 is 15.0 Å². The van der Waals surface area contributed by atoms with Gasteiger partial charge in [0.05, 0.1) is 24.0 Å². The Kier molecular flexibility index (Phi) is 8.79. The molecule has 0 bridgehead atoms. The minimum Gasteiger partial charge on any atom is -0.494 e. The summed E-state index contributed by atoms with van der Waals surface area (Å²) in [6.07, 6.45) is 10.6. The maximum absolute atomic E-state index is 12.8. The van der Waals surface area contributed by atoms with E-state index in [0.717, 1.165) is 80.3 Å². The maximum atomic E-state index is 12.8. The van der Waals surface area contributed by atoms with E-state index in [0.29, 0.717) is 29.9 Å². The van der Waals surface area contributed by atoms with E-state index in [1.54, 1.807) is 12.4 Å². The van der Waals surface area contributed by atoms with Gasteiger partial charge in [-0.15, -0.1) is 0 Å². The van der Waals surface area contributed by atoms with Crippen molar-refractivity contribution in [3.05, 3.63) is 46.2 Å². The zero-order valence-electron chi connectivity index (χ0n) is 20.5. The van der Waals surface area contributed by atoms with Gasteiger partial charge in [-0.1, -0.05) is 11.6 Å². The summed E-state index contributed by atoms with van der Waals surface area (Å²) in [6, 6.07) is 4.06. The van der Waals surface area contributed by atoms with Crippen molar-refractivity contribution >= 4 is 23.3 Å². The molecule has 0 spiro atoms. The molecule has 0 amide bonds. The largest absolute Gasteiger partial charge is 0.494 e. The summed E-state index contributed by atoms with van der Waals surface area (Å²) < 4.78 is 6.07. The third-order valence-corrected chi connectivity index (χ3v) is 7.45. The highest BCUT2D eigenvalue weighted by molar-refractivity contribution is 6.30. The number of benzene rings is 1. The molecule has 2 saturated heterocycles. The molecular weight excluding hydrogens is 448 g/mol. The van der Waals surface area contributed by atoms with Gasteiger partial charge in [-0.25, -0.2) is 9.97 Å². The van der Waals surface area contributed by atoms with Gasteiger partial charge in [0.2, 0.25) is 5.95 Å². The lowest BCUT2D eigenvalue weighted by molar-refractivity contribution is 0.0973. The van der Waals surface area contributed by atoms with Crippen LogP contribution in [0.15, 0.2) is 24.5 Å². The molecule has 3 heterocycles. The first-order valence-electron chi connectivity index (χ1n) is 12.7. The summed E-state index contributed by atoms with van der Waals surface area (Å²) in [7, 11) is 0. The van der Waals surface area contributed by atoms with Crippen LogP contribution in [-0.4, -0.2) is 48.5 Å². The minimum absolute atomic E-state index is 0.267. The zero-order valence-corrected chi connectivity index (χ0v) is 21.2. The van der Waals surface area contributed by atoms with E-state index < -0.39 is 0 Å². The van der Waals surface area contributed by atoms with Crippen LogP contribution in [-0.2, 0) is 0 Å². The number of ether oxygens (including phenoxy) is 1. The molecule has 2 aromatic rings. The normalized spacial score (nSPS) is 18.9. The van der Waals surface area contributed by atoms with E-state index in [9.17, 15) is 4.79 Å². The standard InChI is InChI=1S/C27H37ClN4O2/c1-19-14-24(15-20(2)26(19)25(33)6-5-22-7-10-29-16-22)34-13-3-4-21-8-11-32(12-9-21)27-30-17-23(28)18-31-27/h14-15,17-18,21-22,29H,3-13,16H2,1-2H3/t22-/m0/s1. The number of aryl methyl sites for hydroxylation is 2. The number of halogens is 1. The third kappa shape index (κ3) is 6.70. The van der Waals surface area contributed by atoms with E-state index in [4.69, 9.17) is 16.3 Å². The van der Waals surface area contributed by atoms with Crippen LogP contribution in [0.5, 0.6) is 5.75 Å². The Morgan fingerprint density at radius 1 is 1.09 bits per heavy atom. The Morgan fingerprint density at radius 2 is 1.79 bits per heavy atom. The predicted octanol–water partition coefficient (Wildman–Crippen LogP) is 5.39. The topological polar surface area (TPSA) is 67.3 Å². The molecule has 0 saturated carbocycles. The predicted molar refractivity (Wildman–Crippen MR) is 137 cm³/mol. The number of piperidine rings is 1. The molecule has 1 N–H and O–H groups in total. The van der Waals surface area contributed by atoms with Crippen molar-refractivity contribution in [2.75, 3.05) is 37.7 Å². The number of nitrogens with one attached hydrogen (secondary N) is 1. The summed E-state index contributed by atoms with van der Waals surface area (Å²) in [4.78, 5) is 23.7. The third-order valence-electron chi connectivity index (χ3n) is 7.26. The number of anilines is 1. The molecular formula is C27H37ClN4O2. The fourth-order valence-electron chi connectivity index (χ4n) is 5.32. The molecule has 2 aliphatic heterocycles. The van der Waals surface area contributed by atoms with Crippen molar-refractivity contribution in [3.8, 4) is 5.75 Å². The average Bonchev–Trinajstić information content (AvgIpc) is 3.35. The highest BCUT2D eigenvalue weighted by Crippen LogP contribution is 2.27. The van der Waals surface area contributed by atoms with Crippen LogP contribution < -0.4 is 15.0 Å². The van der Waals surface area contributed by atoms with E-state index in [2.05, 4.69) is 20.2 Å². The zero-order chi connectivity index (χ0) is 23.9. The fraction of sp³-hybridized carbons (Fsp3) is 0.593. The average molecular weight is 485 g/mol. The first-order chi connectivity index (χ1) is 16.5. The van der Waals surface area contributed by atoms with Gasteiger partial charge in [-0.3, -0.25) is 4.79 Å². The number of nitrogens with zero attached hydrogens (tertiary/aromatic N) is 3.